The zero-order valence-electron chi connectivity index (χ0n) is 13.7. The number of fused-ring (bicyclic) bond motifs is 1. The molecule has 0 saturated heterocycles. The predicted octanol–water partition coefficient (Wildman–Crippen LogP) is 2.47. The Labute approximate surface area is 138 Å². The lowest BCUT2D eigenvalue weighted by molar-refractivity contribution is -0.384. The SMILES string of the molecule is CC(C)(C)OC(=O)NCCNc1ncnc2ccc([N+](=O)[O-])cc12. The van der Waals surface area contributed by atoms with Gasteiger partial charge in [-0.05, 0) is 26.8 Å². The van der Waals surface area contributed by atoms with Crippen LogP contribution in [-0.2, 0) is 4.74 Å². The molecule has 0 radical (unpaired) electrons. The molecule has 2 rings (SSSR count). The van der Waals surface area contributed by atoms with Crippen LogP contribution in [0, 0.1) is 10.1 Å². The molecule has 1 heterocycles. The number of amides is 1. The summed E-state index contributed by atoms with van der Waals surface area (Å²) < 4.78 is 5.12. The zero-order chi connectivity index (χ0) is 17.7. The number of hydrogen-bond acceptors (Lipinski definition) is 7. The average molecular weight is 333 g/mol. The number of nitrogens with zero attached hydrogens (tertiary/aromatic N) is 3. The summed E-state index contributed by atoms with van der Waals surface area (Å²) in [5.41, 5.74) is 0.00434. The summed E-state index contributed by atoms with van der Waals surface area (Å²) >= 11 is 0. The van der Waals surface area contributed by atoms with Crippen LogP contribution in [0.4, 0.5) is 16.3 Å². The van der Waals surface area contributed by atoms with Gasteiger partial charge in [0.1, 0.15) is 17.7 Å². The first-order valence-corrected chi connectivity index (χ1v) is 7.36. The first-order chi connectivity index (χ1) is 11.3. The van der Waals surface area contributed by atoms with E-state index < -0.39 is 16.6 Å². The molecule has 0 bridgehead atoms. The fourth-order valence-electron chi connectivity index (χ4n) is 1.96. The van der Waals surface area contributed by atoms with E-state index in [-0.39, 0.29) is 5.69 Å². The van der Waals surface area contributed by atoms with Crippen LogP contribution >= 0.6 is 0 Å². The van der Waals surface area contributed by atoms with Crippen LogP contribution in [0.15, 0.2) is 24.5 Å². The van der Waals surface area contributed by atoms with Gasteiger partial charge in [0.15, 0.2) is 0 Å². The Hall–Kier alpha value is -2.97. The second-order valence-electron chi connectivity index (χ2n) is 6.04. The summed E-state index contributed by atoms with van der Waals surface area (Å²) in [6.45, 7) is 6.05. The highest BCUT2D eigenvalue weighted by Gasteiger charge is 2.15. The minimum Gasteiger partial charge on any atom is -0.444 e. The van der Waals surface area contributed by atoms with E-state index in [1.807, 2.05) is 0 Å². The number of ether oxygens (including phenoxy) is 1. The third kappa shape index (κ3) is 4.77. The Morgan fingerprint density at radius 2 is 2.04 bits per heavy atom. The Bertz CT molecular complexity index is 757. The number of rotatable bonds is 5. The standard InChI is InChI=1S/C15H19N5O4/c1-15(2,3)24-14(21)17-7-6-16-13-11-8-10(20(22)23)4-5-12(11)18-9-19-13/h4-5,8-9H,6-7H2,1-3H3,(H,17,21)(H,16,18,19). The molecule has 2 N–H and O–H groups in total. The van der Waals surface area contributed by atoms with Crippen LogP contribution in [0.1, 0.15) is 20.8 Å². The number of nitrogens with one attached hydrogen (secondary N) is 2. The molecule has 0 atom stereocenters. The van der Waals surface area contributed by atoms with Crippen molar-refractivity contribution in [1.82, 2.24) is 15.3 Å². The fraction of sp³-hybridized carbons (Fsp3) is 0.400. The number of anilines is 1. The molecule has 9 nitrogen and oxygen atoms in total. The van der Waals surface area contributed by atoms with Crippen molar-refractivity contribution >= 4 is 28.5 Å². The van der Waals surface area contributed by atoms with Crippen molar-refractivity contribution in [2.75, 3.05) is 18.4 Å². The van der Waals surface area contributed by atoms with Crippen molar-refractivity contribution < 1.29 is 14.5 Å². The topological polar surface area (TPSA) is 119 Å². The first-order valence-electron chi connectivity index (χ1n) is 7.36. The first kappa shape index (κ1) is 17.4. The van der Waals surface area contributed by atoms with Crippen LogP contribution in [0.25, 0.3) is 10.9 Å². The maximum Gasteiger partial charge on any atom is 0.407 e. The van der Waals surface area contributed by atoms with Gasteiger partial charge in [0.25, 0.3) is 5.69 Å². The molecular formula is C15H19N5O4. The van der Waals surface area contributed by atoms with E-state index in [2.05, 4.69) is 20.6 Å². The van der Waals surface area contributed by atoms with E-state index in [0.29, 0.717) is 29.8 Å². The van der Waals surface area contributed by atoms with Crippen LogP contribution in [0.5, 0.6) is 0 Å². The summed E-state index contributed by atoms with van der Waals surface area (Å²) in [5, 5.41) is 17.1. The van der Waals surface area contributed by atoms with E-state index in [0.717, 1.165) is 0 Å². The van der Waals surface area contributed by atoms with Crippen LogP contribution < -0.4 is 10.6 Å². The van der Waals surface area contributed by atoms with Crippen LogP contribution in [0.2, 0.25) is 0 Å². The molecule has 0 aliphatic carbocycles. The minimum absolute atomic E-state index is 0.0350. The lowest BCUT2D eigenvalue weighted by Gasteiger charge is -2.19. The molecule has 24 heavy (non-hydrogen) atoms. The fourth-order valence-corrected chi connectivity index (χ4v) is 1.96. The molecule has 2 aromatic rings. The third-order valence-corrected chi connectivity index (χ3v) is 2.92. The highest BCUT2D eigenvalue weighted by Crippen LogP contribution is 2.23. The number of carbonyl (C=O) groups is 1. The normalized spacial score (nSPS) is 11.1. The van der Waals surface area contributed by atoms with Crippen molar-refractivity contribution in [3.05, 3.63) is 34.6 Å². The Balaban J connectivity index is 1.99. The van der Waals surface area contributed by atoms with E-state index in [9.17, 15) is 14.9 Å². The van der Waals surface area contributed by atoms with Gasteiger partial charge in [-0.1, -0.05) is 0 Å². The van der Waals surface area contributed by atoms with E-state index in [4.69, 9.17) is 4.74 Å². The maximum atomic E-state index is 11.5. The molecule has 0 fully saturated rings. The number of carbonyl (C=O) groups excluding carboxylic acids is 1. The van der Waals surface area contributed by atoms with Gasteiger partial charge in [-0.15, -0.1) is 0 Å². The number of alkyl carbamates (subject to hydrolysis) is 1. The van der Waals surface area contributed by atoms with Gasteiger partial charge in [-0.3, -0.25) is 10.1 Å². The Morgan fingerprint density at radius 3 is 2.71 bits per heavy atom. The second kappa shape index (κ2) is 7.07. The summed E-state index contributed by atoms with van der Waals surface area (Å²) in [4.78, 5) is 30.1. The molecule has 1 aromatic carbocycles. The van der Waals surface area contributed by atoms with Gasteiger partial charge >= 0.3 is 6.09 Å². The van der Waals surface area contributed by atoms with Crippen molar-refractivity contribution in [3.8, 4) is 0 Å². The Kier molecular flexibility index (Phi) is 5.12. The van der Waals surface area contributed by atoms with Gasteiger partial charge in [0.2, 0.25) is 0 Å². The molecule has 0 saturated carbocycles. The molecule has 0 aliphatic heterocycles. The Morgan fingerprint density at radius 1 is 1.29 bits per heavy atom. The molecule has 0 aliphatic rings. The summed E-state index contributed by atoms with van der Waals surface area (Å²) in [7, 11) is 0. The van der Waals surface area contributed by atoms with Gasteiger partial charge in [-0.25, -0.2) is 14.8 Å². The molecule has 0 unspecified atom stereocenters. The van der Waals surface area contributed by atoms with Crippen LogP contribution in [0.3, 0.4) is 0 Å². The van der Waals surface area contributed by atoms with Crippen molar-refractivity contribution in [3.63, 3.8) is 0 Å². The molecule has 0 spiro atoms. The predicted molar refractivity (Wildman–Crippen MR) is 88.9 cm³/mol. The third-order valence-electron chi connectivity index (χ3n) is 2.92. The largest absolute Gasteiger partial charge is 0.444 e. The summed E-state index contributed by atoms with van der Waals surface area (Å²) in [6.07, 6.45) is 0.866. The average Bonchev–Trinajstić information content (AvgIpc) is 2.49. The van der Waals surface area contributed by atoms with Gasteiger partial charge in [-0.2, -0.15) is 0 Å². The summed E-state index contributed by atoms with van der Waals surface area (Å²) in [5.74, 6) is 0.467. The van der Waals surface area contributed by atoms with Gasteiger partial charge < -0.3 is 15.4 Å². The number of nitro groups is 1. The minimum atomic E-state index is -0.556. The number of benzene rings is 1. The van der Waals surface area contributed by atoms with E-state index >= 15 is 0 Å². The highest BCUT2D eigenvalue weighted by atomic mass is 16.6. The van der Waals surface area contributed by atoms with Crippen molar-refractivity contribution in [1.29, 1.82) is 0 Å². The van der Waals surface area contributed by atoms with E-state index in [1.54, 1.807) is 26.8 Å². The zero-order valence-corrected chi connectivity index (χ0v) is 13.7. The lowest BCUT2D eigenvalue weighted by Crippen LogP contribution is -2.35. The van der Waals surface area contributed by atoms with E-state index in [1.165, 1.54) is 18.5 Å². The summed E-state index contributed by atoms with van der Waals surface area (Å²) in [6, 6.07) is 4.38. The highest BCUT2D eigenvalue weighted by molar-refractivity contribution is 5.90. The lowest BCUT2D eigenvalue weighted by atomic mass is 10.2. The molecule has 128 valence electrons. The van der Waals surface area contributed by atoms with Gasteiger partial charge in [0, 0.05) is 30.6 Å². The number of aromatic nitrogens is 2. The maximum absolute atomic E-state index is 11.5. The number of non-ortho nitro benzene ring substituents is 1. The number of nitro benzene ring substituents is 1. The van der Waals surface area contributed by atoms with Crippen molar-refractivity contribution in [2.45, 2.75) is 26.4 Å². The number of hydrogen-bond donors (Lipinski definition) is 2. The molecule has 1 aromatic heterocycles. The van der Waals surface area contributed by atoms with Gasteiger partial charge in [0.05, 0.1) is 10.4 Å². The molecule has 1 amide bonds. The quantitative estimate of drug-likeness (QED) is 0.490. The molecule has 9 heteroatoms. The van der Waals surface area contributed by atoms with Crippen LogP contribution in [-0.4, -0.2) is 39.7 Å². The van der Waals surface area contributed by atoms with Crippen molar-refractivity contribution in [2.24, 2.45) is 0 Å². The second-order valence-corrected chi connectivity index (χ2v) is 6.04. The smallest absolute Gasteiger partial charge is 0.407 e. The molecular weight excluding hydrogens is 314 g/mol. The monoisotopic (exact) mass is 333 g/mol.